The van der Waals surface area contributed by atoms with Gasteiger partial charge in [-0.15, -0.1) is 0 Å². The van der Waals surface area contributed by atoms with E-state index in [1.54, 1.807) is 0 Å². The van der Waals surface area contributed by atoms with Crippen molar-refractivity contribution in [2.75, 3.05) is 33.0 Å². The smallest absolute Gasteiger partial charge is 0.269 e. The van der Waals surface area contributed by atoms with Crippen molar-refractivity contribution in [3.63, 3.8) is 0 Å². The maximum absolute atomic E-state index is 12.2. The maximum atomic E-state index is 12.2. The molecule has 3 aromatic carbocycles. The van der Waals surface area contributed by atoms with Crippen LogP contribution in [0.4, 0.5) is 0 Å². The minimum absolute atomic E-state index is 0.154. The van der Waals surface area contributed by atoms with E-state index in [2.05, 4.69) is 5.48 Å². The van der Waals surface area contributed by atoms with Gasteiger partial charge in [0.25, 0.3) is 5.91 Å². The zero-order valence-electron chi connectivity index (χ0n) is 18.7. The second kappa shape index (κ2) is 12.5. The van der Waals surface area contributed by atoms with Crippen molar-refractivity contribution in [2.24, 2.45) is 0 Å². The van der Waals surface area contributed by atoms with Crippen molar-refractivity contribution in [3.05, 3.63) is 84.4 Å². The minimum Gasteiger partial charge on any atom is -0.487 e. The van der Waals surface area contributed by atoms with Gasteiger partial charge in [-0.25, -0.2) is 5.48 Å². The molecule has 4 rings (SSSR count). The Hall–Kier alpha value is -3.75. The van der Waals surface area contributed by atoms with E-state index in [0.29, 0.717) is 36.2 Å². The van der Waals surface area contributed by atoms with Gasteiger partial charge < -0.3 is 23.7 Å². The van der Waals surface area contributed by atoms with Crippen molar-refractivity contribution in [1.29, 1.82) is 0 Å². The van der Waals surface area contributed by atoms with Crippen LogP contribution in [0.15, 0.2) is 78.9 Å². The summed E-state index contributed by atoms with van der Waals surface area (Å²) in [6.45, 7) is 1.04. The van der Waals surface area contributed by atoms with Gasteiger partial charge in [0.15, 0.2) is 23.0 Å². The second-order valence-electron chi connectivity index (χ2n) is 7.44. The molecular weight excluding hydrogens is 438 g/mol. The first-order valence-corrected chi connectivity index (χ1v) is 11.0. The molecule has 0 atom stereocenters. The topological polar surface area (TPSA) is 84.5 Å². The number of para-hydroxylation sites is 4. The Morgan fingerprint density at radius 3 is 1.79 bits per heavy atom. The van der Waals surface area contributed by atoms with Crippen LogP contribution >= 0.6 is 0 Å². The Bertz CT molecular complexity index is 991. The third-order valence-electron chi connectivity index (χ3n) is 4.86. The van der Waals surface area contributed by atoms with Crippen LogP contribution in [0.5, 0.6) is 23.0 Å². The average molecular weight is 466 g/mol. The highest BCUT2D eigenvalue weighted by Gasteiger charge is 2.18. The molecule has 178 valence electrons. The summed E-state index contributed by atoms with van der Waals surface area (Å²) in [4.78, 5) is 17.5. The fraction of sp³-hybridized carbons (Fsp3) is 0.269. The largest absolute Gasteiger partial charge is 0.487 e. The number of ether oxygens (including phenoxy) is 5. The molecule has 8 nitrogen and oxygen atoms in total. The first-order valence-electron chi connectivity index (χ1n) is 11.0. The highest BCUT2D eigenvalue weighted by atomic mass is 16.7. The molecular formula is C26H27NO7. The molecule has 0 bridgehead atoms. The van der Waals surface area contributed by atoms with Crippen molar-refractivity contribution in [1.82, 2.24) is 5.48 Å². The normalized spacial score (nSPS) is 14.2. The summed E-state index contributed by atoms with van der Waals surface area (Å²) in [5, 5.41) is 0. The molecule has 1 N–H and O–H groups in total. The van der Waals surface area contributed by atoms with E-state index in [1.807, 2.05) is 78.9 Å². The van der Waals surface area contributed by atoms with Crippen LogP contribution in [-0.2, 0) is 21.0 Å². The van der Waals surface area contributed by atoms with Crippen molar-refractivity contribution >= 4 is 5.91 Å². The van der Waals surface area contributed by atoms with E-state index in [9.17, 15) is 4.79 Å². The summed E-state index contributed by atoms with van der Waals surface area (Å²) in [6, 6.07) is 24.3. The monoisotopic (exact) mass is 465 g/mol. The fourth-order valence-corrected chi connectivity index (χ4v) is 3.19. The van der Waals surface area contributed by atoms with Gasteiger partial charge in [0, 0.05) is 0 Å². The molecule has 0 unspecified atom stereocenters. The van der Waals surface area contributed by atoms with Crippen molar-refractivity contribution in [2.45, 2.75) is 12.7 Å². The van der Waals surface area contributed by atoms with E-state index < -0.39 is 12.0 Å². The lowest BCUT2D eigenvalue weighted by atomic mass is 10.2. The van der Waals surface area contributed by atoms with Crippen LogP contribution in [0.2, 0.25) is 0 Å². The predicted octanol–water partition coefficient (Wildman–Crippen LogP) is 3.55. The Balaban J connectivity index is 1.36. The summed E-state index contributed by atoms with van der Waals surface area (Å²) in [5.41, 5.74) is 3.34. The Morgan fingerprint density at radius 1 is 0.735 bits per heavy atom. The number of hydrogen-bond acceptors (Lipinski definition) is 7. The number of carbonyl (C=O) groups is 1. The SMILES string of the molecule is O=C(COC1COc2ccccc2OCCOc2ccccc2OC1)NOCc1ccccc1. The lowest BCUT2D eigenvalue weighted by Crippen LogP contribution is -2.34. The summed E-state index contributed by atoms with van der Waals surface area (Å²) in [5.74, 6) is 1.94. The molecule has 3 aromatic rings. The van der Waals surface area contributed by atoms with E-state index in [1.165, 1.54) is 0 Å². The van der Waals surface area contributed by atoms with Gasteiger partial charge in [-0.3, -0.25) is 9.63 Å². The number of benzene rings is 3. The van der Waals surface area contributed by atoms with Crippen LogP contribution in [0.1, 0.15) is 5.56 Å². The number of hydroxylamine groups is 1. The molecule has 1 amide bonds. The molecule has 0 aliphatic carbocycles. The molecule has 0 saturated carbocycles. The van der Waals surface area contributed by atoms with Gasteiger partial charge in [-0.2, -0.15) is 0 Å². The van der Waals surface area contributed by atoms with Crippen molar-refractivity contribution in [3.8, 4) is 23.0 Å². The first kappa shape index (κ1) is 23.4. The number of rotatable bonds is 6. The highest BCUT2D eigenvalue weighted by molar-refractivity contribution is 5.76. The number of amides is 1. The molecule has 0 fully saturated rings. The van der Waals surface area contributed by atoms with Crippen LogP contribution in [0.3, 0.4) is 0 Å². The third kappa shape index (κ3) is 7.13. The molecule has 34 heavy (non-hydrogen) atoms. The number of nitrogens with one attached hydrogen (secondary N) is 1. The van der Waals surface area contributed by atoms with Crippen LogP contribution in [0.25, 0.3) is 0 Å². The van der Waals surface area contributed by atoms with E-state index in [-0.39, 0.29) is 26.4 Å². The lowest BCUT2D eigenvalue weighted by molar-refractivity contribution is -0.142. The summed E-state index contributed by atoms with van der Waals surface area (Å²) in [6.07, 6.45) is -0.540. The van der Waals surface area contributed by atoms with E-state index in [4.69, 9.17) is 28.5 Å². The van der Waals surface area contributed by atoms with Crippen molar-refractivity contribution < 1.29 is 33.3 Å². The fourth-order valence-electron chi connectivity index (χ4n) is 3.19. The molecule has 0 radical (unpaired) electrons. The maximum Gasteiger partial charge on any atom is 0.269 e. The standard InChI is InChI=1S/C26H27NO7/c28-26(27-34-16-20-8-2-1-3-9-20)19-31-21-17-32-24-12-6-4-10-22(24)29-14-15-30-23-11-5-7-13-25(23)33-18-21/h1-13,21H,14-19H2,(H,27,28). The second-order valence-corrected chi connectivity index (χ2v) is 7.44. The van der Waals surface area contributed by atoms with Gasteiger partial charge in [0.05, 0.1) is 6.61 Å². The molecule has 1 heterocycles. The summed E-state index contributed by atoms with van der Waals surface area (Å²) in [7, 11) is 0. The van der Waals surface area contributed by atoms with Gasteiger partial charge in [0.2, 0.25) is 0 Å². The third-order valence-corrected chi connectivity index (χ3v) is 4.86. The van der Waals surface area contributed by atoms with Crippen LogP contribution in [-0.4, -0.2) is 45.0 Å². The van der Waals surface area contributed by atoms with Gasteiger partial charge >= 0.3 is 0 Å². The zero-order chi connectivity index (χ0) is 23.4. The number of hydrogen-bond donors (Lipinski definition) is 1. The molecule has 8 heteroatoms. The predicted molar refractivity (Wildman–Crippen MR) is 124 cm³/mol. The minimum atomic E-state index is -0.540. The van der Waals surface area contributed by atoms with E-state index in [0.717, 1.165) is 5.56 Å². The quantitative estimate of drug-likeness (QED) is 0.558. The van der Waals surface area contributed by atoms with Gasteiger partial charge in [0.1, 0.15) is 39.1 Å². The molecule has 0 saturated heterocycles. The summed E-state index contributed by atoms with van der Waals surface area (Å²) >= 11 is 0. The van der Waals surface area contributed by atoms with Gasteiger partial charge in [-0.1, -0.05) is 54.6 Å². The van der Waals surface area contributed by atoms with Crippen LogP contribution in [0, 0.1) is 0 Å². The first-order chi connectivity index (χ1) is 16.8. The number of fused-ring (bicyclic) bond motifs is 2. The molecule has 0 aromatic heterocycles. The lowest BCUT2D eigenvalue weighted by Gasteiger charge is -2.20. The number of carbonyl (C=O) groups excluding carboxylic acids is 1. The van der Waals surface area contributed by atoms with E-state index >= 15 is 0 Å². The molecule has 0 spiro atoms. The summed E-state index contributed by atoms with van der Waals surface area (Å²) < 4.78 is 29.3. The molecule has 1 aliphatic rings. The van der Waals surface area contributed by atoms with Crippen LogP contribution < -0.4 is 24.4 Å². The highest BCUT2D eigenvalue weighted by Crippen LogP contribution is 2.29. The Kier molecular flexibility index (Phi) is 8.59. The zero-order valence-corrected chi connectivity index (χ0v) is 18.7. The average Bonchev–Trinajstić information content (AvgIpc) is 2.89. The Morgan fingerprint density at radius 2 is 1.24 bits per heavy atom. The Labute approximate surface area is 198 Å². The molecule has 1 aliphatic heterocycles. The van der Waals surface area contributed by atoms with Gasteiger partial charge in [-0.05, 0) is 29.8 Å².